The van der Waals surface area contributed by atoms with E-state index in [1.165, 1.54) is 6.33 Å². The number of pyridine rings is 2. The smallest absolute Gasteiger partial charge is 0.390 e. The first kappa shape index (κ1) is 25.2. The van der Waals surface area contributed by atoms with Gasteiger partial charge < -0.3 is 9.64 Å². The number of nitrogens with zero attached hydrogens (tertiary/aromatic N) is 6. The van der Waals surface area contributed by atoms with Crippen LogP contribution in [0.4, 0.5) is 13.2 Å². The Bertz CT molecular complexity index is 1350. The van der Waals surface area contributed by atoms with Crippen molar-refractivity contribution in [2.75, 3.05) is 26.7 Å². The Kier molecular flexibility index (Phi) is 6.89. The molecule has 37 heavy (non-hydrogen) atoms. The highest BCUT2D eigenvalue weighted by Gasteiger charge is 2.29. The molecule has 0 unspecified atom stereocenters. The van der Waals surface area contributed by atoms with Gasteiger partial charge in [-0.15, -0.1) is 0 Å². The first-order valence-electron chi connectivity index (χ1n) is 12.4. The fourth-order valence-corrected chi connectivity index (χ4v) is 5.07. The van der Waals surface area contributed by atoms with E-state index in [4.69, 9.17) is 9.72 Å². The molecule has 0 aliphatic carbocycles. The molecule has 0 atom stereocenters. The van der Waals surface area contributed by atoms with Crippen LogP contribution in [0, 0.1) is 0 Å². The van der Waals surface area contributed by atoms with E-state index >= 15 is 0 Å². The van der Waals surface area contributed by atoms with E-state index in [1.807, 2.05) is 29.4 Å². The predicted octanol–water partition coefficient (Wildman–Crippen LogP) is 5.45. The summed E-state index contributed by atoms with van der Waals surface area (Å²) < 4.78 is 44.8. The average Bonchev–Trinajstić information content (AvgIpc) is 3.54. The minimum absolute atomic E-state index is 0.0727. The molecule has 4 aromatic rings. The molecule has 5 rings (SSSR count). The topological polar surface area (TPSA) is 84.2 Å². The zero-order valence-electron chi connectivity index (χ0n) is 21.1. The summed E-state index contributed by atoms with van der Waals surface area (Å²) in [5, 5.41) is 12.1. The van der Waals surface area contributed by atoms with E-state index < -0.39 is 12.6 Å². The number of aromatic amines is 1. The SMILES string of the molecule is COc1cc(-c2n[nH]c(-c3ccc(C4CCN(CCC(F)(F)F)CC4)cn3)c2C(C)C)cn2ncnc12. The van der Waals surface area contributed by atoms with Gasteiger partial charge in [-0.2, -0.15) is 23.4 Å². The molecule has 5 heterocycles. The second kappa shape index (κ2) is 10.1. The monoisotopic (exact) mass is 513 g/mol. The molecule has 1 N–H and O–H groups in total. The number of rotatable bonds is 7. The number of nitrogens with one attached hydrogen (secondary N) is 1. The maximum Gasteiger partial charge on any atom is 0.390 e. The Morgan fingerprint density at radius 2 is 1.95 bits per heavy atom. The van der Waals surface area contributed by atoms with E-state index in [9.17, 15) is 13.2 Å². The highest BCUT2D eigenvalue weighted by atomic mass is 19.4. The third-order valence-electron chi connectivity index (χ3n) is 7.03. The molecule has 0 radical (unpaired) electrons. The molecule has 4 aromatic heterocycles. The number of ether oxygens (including phenoxy) is 1. The Balaban J connectivity index is 1.35. The van der Waals surface area contributed by atoms with Crippen molar-refractivity contribution in [2.45, 2.75) is 51.1 Å². The molecule has 1 saturated heterocycles. The molecular weight excluding hydrogens is 483 g/mol. The van der Waals surface area contributed by atoms with Crippen LogP contribution >= 0.6 is 0 Å². The summed E-state index contributed by atoms with van der Waals surface area (Å²) in [5.41, 5.74) is 6.11. The largest absolute Gasteiger partial charge is 0.493 e. The Morgan fingerprint density at radius 1 is 1.16 bits per heavy atom. The molecule has 0 aromatic carbocycles. The van der Waals surface area contributed by atoms with Gasteiger partial charge in [0.05, 0.1) is 30.6 Å². The zero-order valence-corrected chi connectivity index (χ0v) is 21.1. The third kappa shape index (κ3) is 5.31. The summed E-state index contributed by atoms with van der Waals surface area (Å²) in [7, 11) is 1.60. The van der Waals surface area contributed by atoms with E-state index in [-0.39, 0.29) is 12.5 Å². The van der Waals surface area contributed by atoms with Crippen LogP contribution in [0.25, 0.3) is 28.3 Å². The number of halogens is 3. The number of aromatic nitrogens is 6. The summed E-state index contributed by atoms with van der Waals surface area (Å²) >= 11 is 0. The van der Waals surface area contributed by atoms with E-state index in [0.29, 0.717) is 30.4 Å². The number of H-pyrrole nitrogens is 1. The fourth-order valence-electron chi connectivity index (χ4n) is 5.07. The third-order valence-corrected chi connectivity index (χ3v) is 7.03. The van der Waals surface area contributed by atoms with Gasteiger partial charge in [0.25, 0.3) is 0 Å². The molecule has 1 fully saturated rings. The van der Waals surface area contributed by atoms with Crippen molar-refractivity contribution in [1.82, 2.24) is 34.7 Å². The van der Waals surface area contributed by atoms with Crippen LogP contribution < -0.4 is 4.74 Å². The van der Waals surface area contributed by atoms with Gasteiger partial charge in [0.15, 0.2) is 11.4 Å². The summed E-state index contributed by atoms with van der Waals surface area (Å²) in [6.45, 7) is 5.64. The van der Waals surface area contributed by atoms with Crippen LogP contribution in [-0.2, 0) is 0 Å². The van der Waals surface area contributed by atoms with Crippen molar-refractivity contribution < 1.29 is 17.9 Å². The standard InChI is InChI=1S/C26H30F3N7O/c1-16(2)22-23(19-12-21(37-3)25-31-15-32-36(25)14-19)33-34-24(22)20-5-4-18(13-30-20)17-6-9-35(10-7-17)11-8-26(27,28)29/h4-5,12-17H,6-11H2,1-3H3,(H,33,34). The van der Waals surface area contributed by atoms with Crippen LogP contribution in [0.3, 0.4) is 0 Å². The number of alkyl halides is 3. The number of fused-ring (bicyclic) bond motifs is 1. The maximum absolute atomic E-state index is 12.5. The highest BCUT2D eigenvalue weighted by molar-refractivity contribution is 5.75. The normalized spacial score (nSPS) is 15.6. The number of hydrogen-bond acceptors (Lipinski definition) is 6. The molecule has 1 aliphatic heterocycles. The van der Waals surface area contributed by atoms with E-state index in [1.54, 1.807) is 11.6 Å². The van der Waals surface area contributed by atoms with Gasteiger partial charge in [0, 0.05) is 30.1 Å². The van der Waals surface area contributed by atoms with Gasteiger partial charge in [-0.3, -0.25) is 10.1 Å². The lowest BCUT2D eigenvalue weighted by Crippen LogP contribution is -2.35. The van der Waals surface area contributed by atoms with Gasteiger partial charge in [0.1, 0.15) is 6.33 Å². The average molecular weight is 514 g/mol. The van der Waals surface area contributed by atoms with Crippen molar-refractivity contribution in [3.63, 3.8) is 0 Å². The predicted molar refractivity (Wildman–Crippen MR) is 134 cm³/mol. The summed E-state index contributed by atoms with van der Waals surface area (Å²) in [6, 6.07) is 5.98. The van der Waals surface area contributed by atoms with Crippen molar-refractivity contribution in [2.24, 2.45) is 0 Å². The quantitative estimate of drug-likeness (QED) is 0.354. The Hall–Kier alpha value is -3.47. The molecular formula is C26H30F3N7O. The lowest BCUT2D eigenvalue weighted by molar-refractivity contribution is -0.138. The summed E-state index contributed by atoms with van der Waals surface area (Å²) in [6.07, 6.45) is 2.06. The molecule has 1 aliphatic rings. The molecule has 8 nitrogen and oxygen atoms in total. The van der Waals surface area contributed by atoms with Crippen molar-refractivity contribution in [1.29, 1.82) is 0 Å². The minimum Gasteiger partial charge on any atom is -0.493 e. The molecule has 196 valence electrons. The second-order valence-corrected chi connectivity index (χ2v) is 9.80. The lowest BCUT2D eigenvalue weighted by atomic mass is 9.90. The van der Waals surface area contributed by atoms with Crippen LogP contribution in [0.15, 0.2) is 36.9 Å². The minimum atomic E-state index is -4.10. The maximum atomic E-state index is 12.5. The second-order valence-electron chi connectivity index (χ2n) is 9.80. The van der Waals surface area contributed by atoms with Gasteiger partial charge in [-0.1, -0.05) is 19.9 Å². The van der Waals surface area contributed by atoms with Crippen LogP contribution in [0.1, 0.15) is 56.1 Å². The Morgan fingerprint density at radius 3 is 2.59 bits per heavy atom. The summed E-state index contributed by atoms with van der Waals surface area (Å²) in [5.74, 6) is 1.08. The van der Waals surface area contributed by atoms with Gasteiger partial charge in [-0.25, -0.2) is 9.50 Å². The van der Waals surface area contributed by atoms with Crippen LogP contribution in [0.2, 0.25) is 0 Å². The van der Waals surface area contributed by atoms with Crippen LogP contribution in [-0.4, -0.2) is 67.6 Å². The van der Waals surface area contributed by atoms with Gasteiger partial charge in [-0.05, 0) is 55.5 Å². The summed E-state index contributed by atoms with van der Waals surface area (Å²) in [4.78, 5) is 10.9. The van der Waals surface area contributed by atoms with Crippen molar-refractivity contribution in [3.8, 4) is 28.4 Å². The zero-order chi connectivity index (χ0) is 26.2. The van der Waals surface area contributed by atoms with Crippen molar-refractivity contribution >= 4 is 5.65 Å². The van der Waals surface area contributed by atoms with E-state index in [0.717, 1.165) is 46.6 Å². The van der Waals surface area contributed by atoms with Gasteiger partial charge in [0.2, 0.25) is 0 Å². The molecule has 0 spiro atoms. The number of hydrogen-bond donors (Lipinski definition) is 1. The molecule has 11 heteroatoms. The number of piperidine rings is 1. The van der Waals surface area contributed by atoms with Gasteiger partial charge >= 0.3 is 6.18 Å². The lowest BCUT2D eigenvalue weighted by Gasteiger charge is -2.32. The molecule has 0 saturated carbocycles. The number of methoxy groups -OCH3 is 1. The number of likely N-dealkylation sites (tertiary alicyclic amines) is 1. The van der Waals surface area contributed by atoms with Crippen molar-refractivity contribution in [3.05, 3.63) is 48.0 Å². The Labute approximate surface area is 212 Å². The van der Waals surface area contributed by atoms with Crippen LogP contribution in [0.5, 0.6) is 5.75 Å². The first-order chi connectivity index (χ1) is 17.7. The molecule has 0 amide bonds. The molecule has 0 bridgehead atoms. The first-order valence-corrected chi connectivity index (χ1v) is 12.4. The highest BCUT2D eigenvalue weighted by Crippen LogP contribution is 2.37. The van der Waals surface area contributed by atoms with E-state index in [2.05, 4.69) is 40.2 Å². The fraction of sp³-hybridized carbons (Fsp3) is 0.462.